The number of aromatic nitrogens is 2. The first-order valence-corrected chi connectivity index (χ1v) is 7.71. The third kappa shape index (κ3) is 2.92. The molecule has 0 radical (unpaired) electrons. The largest absolute Gasteiger partial charge is 0.468 e. The average molecular weight is 302 g/mol. The molecule has 3 rings (SSSR count). The number of aryl methyl sites for hydroxylation is 1. The third-order valence-electron chi connectivity index (χ3n) is 4.39. The first-order chi connectivity index (χ1) is 10.7. The summed E-state index contributed by atoms with van der Waals surface area (Å²) in [5.41, 5.74) is 1.50. The molecule has 1 N–H and O–H groups in total. The number of hydrogen-bond donors (Lipinski definition) is 1. The Balaban J connectivity index is 1.69. The fourth-order valence-electron chi connectivity index (χ4n) is 2.95. The first-order valence-electron chi connectivity index (χ1n) is 7.71. The van der Waals surface area contributed by atoms with Crippen molar-refractivity contribution in [2.24, 2.45) is 7.05 Å². The maximum atomic E-state index is 12.4. The van der Waals surface area contributed by atoms with Gasteiger partial charge in [0, 0.05) is 19.3 Å². The van der Waals surface area contributed by atoms with Gasteiger partial charge in [-0.3, -0.25) is 14.4 Å². The number of hydrogen-bond acceptors (Lipinski definition) is 4. The van der Waals surface area contributed by atoms with Gasteiger partial charge in [-0.15, -0.1) is 0 Å². The van der Waals surface area contributed by atoms with Crippen LogP contribution in [-0.4, -0.2) is 40.2 Å². The van der Waals surface area contributed by atoms with E-state index in [2.05, 4.69) is 15.3 Å². The topological polar surface area (TPSA) is 63.3 Å². The van der Waals surface area contributed by atoms with E-state index in [4.69, 9.17) is 4.42 Å². The fourth-order valence-corrected chi connectivity index (χ4v) is 2.95. The molecule has 1 atom stereocenters. The molecule has 0 aliphatic carbocycles. The summed E-state index contributed by atoms with van der Waals surface area (Å²) in [6.07, 6.45) is 5.70. The van der Waals surface area contributed by atoms with Gasteiger partial charge in [0.25, 0.3) is 5.91 Å². The molecular formula is C16H22N4O2. The van der Waals surface area contributed by atoms with Crippen LogP contribution in [-0.2, 0) is 7.05 Å². The summed E-state index contributed by atoms with van der Waals surface area (Å²) in [4.78, 5) is 14.7. The van der Waals surface area contributed by atoms with E-state index in [1.165, 1.54) is 12.8 Å². The van der Waals surface area contributed by atoms with Crippen LogP contribution in [0.25, 0.3) is 0 Å². The van der Waals surface area contributed by atoms with Crippen LogP contribution in [0.1, 0.15) is 40.7 Å². The summed E-state index contributed by atoms with van der Waals surface area (Å²) in [5, 5.41) is 7.14. The van der Waals surface area contributed by atoms with Gasteiger partial charge in [-0.1, -0.05) is 0 Å². The summed E-state index contributed by atoms with van der Waals surface area (Å²) in [7, 11) is 1.84. The van der Waals surface area contributed by atoms with Crippen molar-refractivity contribution in [2.45, 2.75) is 25.8 Å². The molecule has 1 unspecified atom stereocenters. The Morgan fingerprint density at radius 1 is 1.45 bits per heavy atom. The molecule has 3 heterocycles. The predicted octanol–water partition coefficient (Wildman–Crippen LogP) is 1.89. The Bertz CT molecular complexity index is 627. The molecule has 1 amide bonds. The number of nitrogens with one attached hydrogen (secondary N) is 1. The number of furan rings is 1. The molecular weight excluding hydrogens is 280 g/mol. The lowest BCUT2D eigenvalue weighted by atomic mass is 10.2. The monoisotopic (exact) mass is 302 g/mol. The lowest BCUT2D eigenvalue weighted by Crippen LogP contribution is -2.36. The summed E-state index contributed by atoms with van der Waals surface area (Å²) in [5.74, 6) is 0.825. The highest BCUT2D eigenvalue weighted by atomic mass is 16.3. The van der Waals surface area contributed by atoms with E-state index in [1.807, 2.05) is 26.1 Å². The van der Waals surface area contributed by atoms with Crippen molar-refractivity contribution in [3.63, 3.8) is 0 Å². The quantitative estimate of drug-likeness (QED) is 0.916. The zero-order valence-electron chi connectivity index (χ0n) is 13.1. The van der Waals surface area contributed by atoms with Crippen LogP contribution in [0.4, 0.5) is 0 Å². The van der Waals surface area contributed by atoms with Gasteiger partial charge in [0.2, 0.25) is 0 Å². The average Bonchev–Trinajstić information content (AvgIpc) is 3.24. The number of carbonyl (C=O) groups is 1. The smallest absolute Gasteiger partial charge is 0.254 e. The van der Waals surface area contributed by atoms with Gasteiger partial charge in [0.1, 0.15) is 5.76 Å². The number of nitrogens with zero attached hydrogens (tertiary/aromatic N) is 3. The Morgan fingerprint density at radius 3 is 2.82 bits per heavy atom. The van der Waals surface area contributed by atoms with E-state index in [0.29, 0.717) is 12.1 Å². The zero-order valence-corrected chi connectivity index (χ0v) is 13.1. The Morgan fingerprint density at radius 2 is 2.23 bits per heavy atom. The number of rotatable bonds is 5. The van der Waals surface area contributed by atoms with Crippen molar-refractivity contribution < 1.29 is 9.21 Å². The lowest BCUT2D eigenvalue weighted by Gasteiger charge is -2.25. The Labute approximate surface area is 130 Å². The van der Waals surface area contributed by atoms with Crippen LogP contribution in [0.2, 0.25) is 0 Å². The van der Waals surface area contributed by atoms with E-state index in [9.17, 15) is 4.79 Å². The van der Waals surface area contributed by atoms with E-state index in [1.54, 1.807) is 17.1 Å². The van der Waals surface area contributed by atoms with E-state index in [-0.39, 0.29) is 11.9 Å². The summed E-state index contributed by atoms with van der Waals surface area (Å²) in [6, 6.07) is 3.97. The van der Waals surface area contributed by atoms with E-state index in [0.717, 1.165) is 24.5 Å². The maximum Gasteiger partial charge on any atom is 0.254 e. The summed E-state index contributed by atoms with van der Waals surface area (Å²) >= 11 is 0. The SMILES string of the molecule is Cc1c(C(=O)NCC(c2ccco2)N2CCCC2)cnn1C. The van der Waals surface area contributed by atoms with Crippen molar-refractivity contribution >= 4 is 5.91 Å². The maximum absolute atomic E-state index is 12.4. The lowest BCUT2D eigenvalue weighted by molar-refractivity contribution is 0.0933. The van der Waals surface area contributed by atoms with Crippen molar-refractivity contribution in [1.29, 1.82) is 0 Å². The second-order valence-corrected chi connectivity index (χ2v) is 5.75. The minimum Gasteiger partial charge on any atom is -0.468 e. The van der Waals surface area contributed by atoms with E-state index >= 15 is 0 Å². The Hall–Kier alpha value is -2.08. The molecule has 1 saturated heterocycles. The van der Waals surface area contributed by atoms with Gasteiger partial charge in [-0.05, 0) is 45.0 Å². The van der Waals surface area contributed by atoms with Crippen LogP contribution in [0, 0.1) is 6.92 Å². The fraction of sp³-hybridized carbons (Fsp3) is 0.500. The standard InChI is InChI=1S/C16H22N4O2/c1-12-13(10-18-19(12)2)16(21)17-11-14(15-6-5-9-22-15)20-7-3-4-8-20/h5-6,9-10,14H,3-4,7-8,11H2,1-2H3,(H,17,21). The number of carbonyl (C=O) groups excluding carboxylic acids is 1. The molecule has 6 heteroatoms. The van der Waals surface area contributed by atoms with Crippen molar-refractivity contribution in [2.75, 3.05) is 19.6 Å². The highest BCUT2D eigenvalue weighted by Crippen LogP contribution is 2.25. The molecule has 1 aliphatic rings. The minimum atomic E-state index is -0.0821. The van der Waals surface area contributed by atoms with Crippen molar-refractivity contribution in [1.82, 2.24) is 20.0 Å². The molecule has 2 aromatic rings. The highest BCUT2D eigenvalue weighted by molar-refractivity contribution is 5.95. The predicted molar refractivity (Wildman–Crippen MR) is 82.5 cm³/mol. The van der Waals surface area contributed by atoms with Crippen LogP contribution in [0.3, 0.4) is 0 Å². The zero-order chi connectivity index (χ0) is 15.5. The van der Waals surface area contributed by atoms with Gasteiger partial charge in [-0.2, -0.15) is 5.10 Å². The first kappa shape index (κ1) is 14.8. The number of amides is 1. The van der Waals surface area contributed by atoms with Crippen molar-refractivity contribution in [3.8, 4) is 0 Å². The highest BCUT2D eigenvalue weighted by Gasteiger charge is 2.26. The molecule has 1 fully saturated rings. The summed E-state index contributed by atoms with van der Waals surface area (Å²) in [6.45, 7) is 4.54. The third-order valence-corrected chi connectivity index (χ3v) is 4.39. The molecule has 6 nitrogen and oxygen atoms in total. The van der Waals surface area contributed by atoms with Gasteiger partial charge in [0.05, 0.1) is 24.1 Å². The molecule has 1 aliphatic heterocycles. The molecule has 22 heavy (non-hydrogen) atoms. The second-order valence-electron chi connectivity index (χ2n) is 5.75. The van der Waals surface area contributed by atoms with Crippen LogP contribution in [0.5, 0.6) is 0 Å². The van der Waals surface area contributed by atoms with Gasteiger partial charge < -0.3 is 9.73 Å². The summed E-state index contributed by atoms with van der Waals surface area (Å²) < 4.78 is 7.27. The van der Waals surface area contributed by atoms with E-state index < -0.39 is 0 Å². The van der Waals surface area contributed by atoms with Crippen LogP contribution < -0.4 is 5.32 Å². The molecule has 118 valence electrons. The molecule has 0 bridgehead atoms. The van der Waals surface area contributed by atoms with Crippen molar-refractivity contribution in [3.05, 3.63) is 41.6 Å². The molecule has 0 saturated carbocycles. The number of likely N-dealkylation sites (tertiary alicyclic amines) is 1. The molecule has 0 spiro atoms. The molecule has 2 aromatic heterocycles. The van der Waals surface area contributed by atoms with Gasteiger partial charge >= 0.3 is 0 Å². The van der Waals surface area contributed by atoms with Gasteiger partial charge in [-0.25, -0.2) is 0 Å². The van der Waals surface area contributed by atoms with Crippen LogP contribution in [0.15, 0.2) is 29.0 Å². The normalized spacial score (nSPS) is 16.8. The Kier molecular flexibility index (Phi) is 4.29. The van der Waals surface area contributed by atoms with Gasteiger partial charge in [0.15, 0.2) is 0 Å². The molecule has 0 aromatic carbocycles. The second kappa shape index (κ2) is 6.36. The van der Waals surface area contributed by atoms with Crippen LogP contribution >= 0.6 is 0 Å². The minimum absolute atomic E-state index is 0.0821.